The van der Waals surface area contributed by atoms with Crippen molar-refractivity contribution in [3.8, 4) is 5.75 Å². The molecule has 0 saturated carbocycles. The molecule has 0 aliphatic heterocycles. The van der Waals surface area contributed by atoms with Gasteiger partial charge in [-0.3, -0.25) is 4.79 Å². The molecule has 3 heteroatoms. The minimum absolute atomic E-state index is 0.0328. The molecule has 0 saturated heterocycles. The Labute approximate surface area is 96.4 Å². The molecule has 0 radical (unpaired) electrons. The molecule has 0 heterocycles. The molecule has 16 heavy (non-hydrogen) atoms. The highest BCUT2D eigenvalue weighted by atomic mass is 16.5. The molecular weight excluding hydrogens is 204 g/mol. The first-order valence-corrected chi connectivity index (χ1v) is 5.38. The zero-order valence-corrected chi connectivity index (χ0v) is 10.1. The van der Waals surface area contributed by atoms with Gasteiger partial charge >= 0.3 is 0 Å². The Balaban J connectivity index is 2.67. The van der Waals surface area contributed by atoms with Gasteiger partial charge in [-0.25, -0.2) is 0 Å². The lowest BCUT2D eigenvalue weighted by Crippen LogP contribution is -2.05. The lowest BCUT2D eigenvalue weighted by Gasteiger charge is -2.10. The average molecular weight is 222 g/mol. The molecule has 0 aliphatic carbocycles. The lowest BCUT2D eigenvalue weighted by atomic mass is 10.1. The smallest absolute Gasteiger partial charge is 0.163 e. The average Bonchev–Trinajstić information content (AvgIpc) is 2.26. The van der Waals surface area contributed by atoms with Crippen LogP contribution in [0.25, 0.3) is 0 Å². The normalized spacial score (nSPS) is 10.2. The van der Waals surface area contributed by atoms with Crippen molar-refractivity contribution in [1.29, 1.82) is 0 Å². The van der Waals surface area contributed by atoms with E-state index in [0.29, 0.717) is 24.5 Å². The second kappa shape index (κ2) is 6.28. The quantitative estimate of drug-likeness (QED) is 0.548. The van der Waals surface area contributed by atoms with Crippen LogP contribution in [0.3, 0.4) is 0 Å². The van der Waals surface area contributed by atoms with Crippen LogP contribution in [-0.4, -0.2) is 26.1 Å². The molecule has 0 N–H and O–H groups in total. The van der Waals surface area contributed by atoms with Crippen LogP contribution in [0.15, 0.2) is 18.2 Å². The summed E-state index contributed by atoms with van der Waals surface area (Å²) in [6.07, 6.45) is 0.821. The Bertz CT molecular complexity index is 358. The van der Waals surface area contributed by atoms with Gasteiger partial charge in [0, 0.05) is 20.1 Å². The molecule has 0 atom stereocenters. The van der Waals surface area contributed by atoms with Gasteiger partial charge in [0.1, 0.15) is 5.75 Å². The Morgan fingerprint density at radius 1 is 1.31 bits per heavy atom. The predicted molar refractivity (Wildman–Crippen MR) is 63.2 cm³/mol. The molecule has 1 rings (SSSR count). The third kappa shape index (κ3) is 3.66. The summed E-state index contributed by atoms with van der Waals surface area (Å²) in [6, 6.07) is 5.64. The van der Waals surface area contributed by atoms with Crippen LogP contribution in [0, 0.1) is 6.92 Å². The van der Waals surface area contributed by atoms with Crippen molar-refractivity contribution in [2.45, 2.75) is 20.3 Å². The van der Waals surface area contributed by atoms with E-state index in [9.17, 15) is 4.79 Å². The number of rotatable bonds is 6. The van der Waals surface area contributed by atoms with Gasteiger partial charge in [-0.15, -0.1) is 0 Å². The van der Waals surface area contributed by atoms with Gasteiger partial charge in [-0.2, -0.15) is 0 Å². The van der Waals surface area contributed by atoms with Gasteiger partial charge < -0.3 is 9.47 Å². The SMILES string of the molecule is COCCCOc1ccc(C)cc1C(C)=O. The fraction of sp³-hybridized carbons (Fsp3) is 0.462. The van der Waals surface area contributed by atoms with Crippen LogP contribution >= 0.6 is 0 Å². The summed E-state index contributed by atoms with van der Waals surface area (Å²) in [6.45, 7) is 4.75. The van der Waals surface area contributed by atoms with Crippen molar-refractivity contribution < 1.29 is 14.3 Å². The number of hydrogen-bond donors (Lipinski definition) is 0. The zero-order valence-electron chi connectivity index (χ0n) is 10.1. The van der Waals surface area contributed by atoms with Crippen molar-refractivity contribution in [2.75, 3.05) is 20.3 Å². The molecule has 0 unspecified atom stereocenters. The standard InChI is InChI=1S/C13H18O3/c1-10-5-6-13(12(9-10)11(2)14)16-8-4-7-15-3/h5-6,9H,4,7-8H2,1-3H3. The number of benzene rings is 1. The second-order valence-corrected chi connectivity index (χ2v) is 3.75. The maximum atomic E-state index is 11.4. The van der Waals surface area contributed by atoms with Crippen molar-refractivity contribution in [3.05, 3.63) is 29.3 Å². The molecule has 0 spiro atoms. The van der Waals surface area contributed by atoms with E-state index in [2.05, 4.69) is 0 Å². The van der Waals surface area contributed by atoms with Gasteiger partial charge in [0.2, 0.25) is 0 Å². The number of carbonyl (C=O) groups excluding carboxylic acids is 1. The van der Waals surface area contributed by atoms with E-state index in [0.717, 1.165) is 12.0 Å². The summed E-state index contributed by atoms with van der Waals surface area (Å²) in [5.74, 6) is 0.694. The number of ketones is 1. The number of aryl methyl sites for hydroxylation is 1. The first kappa shape index (κ1) is 12.7. The number of carbonyl (C=O) groups is 1. The fourth-order valence-electron chi connectivity index (χ4n) is 1.43. The summed E-state index contributed by atoms with van der Waals surface area (Å²) < 4.78 is 10.5. The molecular formula is C13H18O3. The summed E-state index contributed by atoms with van der Waals surface area (Å²) in [4.78, 5) is 11.4. The molecule has 1 aromatic carbocycles. The van der Waals surface area contributed by atoms with E-state index in [1.807, 2.05) is 25.1 Å². The highest BCUT2D eigenvalue weighted by Crippen LogP contribution is 2.20. The first-order chi connectivity index (χ1) is 7.65. The van der Waals surface area contributed by atoms with Crippen LogP contribution in [0.5, 0.6) is 5.75 Å². The third-order valence-corrected chi connectivity index (χ3v) is 2.26. The topological polar surface area (TPSA) is 35.5 Å². The van der Waals surface area contributed by atoms with Crippen molar-refractivity contribution in [2.24, 2.45) is 0 Å². The first-order valence-electron chi connectivity index (χ1n) is 5.38. The van der Waals surface area contributed by atoms with E-state index in [-0.39, 0.29) is 5.78 Å². The molecule has 0 aliphatic rings. The van der Waals surface area contributed by atoms with Gasteiger partial charge in [0.15, 0.2) is 5.78 Å². The summed E-state index contributed by atoms with van der Waals surface area (Å²) in [5, 5.41) is 0. The predicted octanol–water partition coefficient (Wildman–Crippen LogP) is 2.61. The molecule has 0 fully saturated rings. The highest BCUT2D eigenvalue weighted by Gasteiger charge is 2.08. The van der Waals surface area contributed by atoms with E-state index >= 15 is 0 Å². The second-order valence-electron chi connectivity index (χ2n) is 3.75. The van der Waals surface area contributed by atoms with Crippen LogP contribution in [0.2, 0.25) is 0 Å². The number of ether oxygens (including phenoxy) is 2. The maximum absolute atomic E-state index is 11.4. The van der Waals surface area contributed by atoms with E-state index in [4.69, 9.17) is 9.47 Å². The lowest BCUT2D eigenvalue weighted by molar-refractivity contribution is 0.101. The van der Waals surface area contributed by atoms with Crippen LogP contribution < -0.4 is 4.74 Å². The summed E-state index contributed by atoms with van der Waals surface area (Å²) >= 11 is 0. The number of Topliss-reactive ketones (excluding diaryl/α,β-unsaturated/α-hetero) is 1. The molecule has 3 nitrogen and oxygen atoms in total. The molecule has 0 bridgehead atoms. The number of methoxy groups -OCH3 is 1. The van der Waals surface area contributed by atoms with Crippen molar-refractivity contribution >= 4 is 5.78 Å². The monoisotopic (exact) mass is 222 g/mol. The van der Waals surface area contributed by atoms with Crippen molar-refractivity contribution in [1.82, 2.24) is 0 Å². The number of hydrogen-bond acceptors (Lipinski definition) is 3. The van der Waals surface area contributed by atoms with Gasteiger partial charge in [0.25, 0.3) is 0 Å². The largest absolute Gasteiger partial charge is 0.493 e. The highest BCUT2D eigenvalue weighted by molar-refractivity contribution is 5.97. The van der Waals surface area contributed by atoms with Crippen molar-refractivity contribution in [3.63, 3.8) is 0 Å². The minimum atomic E-state index is 0.0328. The fourth-order valence-corrected chi connectivity index (χ4v) is 1.43. The Morgan fingerprint density at radius 3 is 2.69 bits per heavy atom. The Morgan fingerprint density at radius 2 is 2.06 bits per heavy atom. The van der Waals surface area contributed by atoms with Gasteiger partial charge in [-0.05, 0) is 26.0 Å². The maximum Gasteiger partial charge on any atom is 0.163 e. The van der Waals surface area contributed by atoms with E-state index in [1.165, 1.54) is 0 Å². The van der Waals surface area contributed by atoms with Crippen LogP contribution in [-0.2, 0) is 4.74 Å². The van der Waals surface area contributed by atoms with Crippen LogP contribution in [0.1, 0.15) is 29.3 Å². The van der Waals surface area contributed by atoms with E-state index < -0.39 is 0 Å². The van der Waals surface area contributed by atoms with Gasteiger partial charge in [0.05, 0.1) is 12.2 Å². The summed E-state index contributed by atoms with van der Waals surface area (Å²) in [5.41, 5.74) is 1.71. The van der Waals surface area contributed by atoms with Gasteiger partial charge in [-0.1, -0.05) is 11.6 Å². The third-order valence-electron chi connectivity index (χ3n) is 2.26. The summed E-state index contributed by atoms with van der Waals surface area (Å²) in [7, 11) is 1.66. The Kier molecular flexibility index (Phi) is 4.99. The Hall–Kier alpha value is -1.35. The van der Waals surface area contributed by atoms with Crippen LogP contribution in [0.4, 0.5) is 0 Å². The molecule has 0 amide bonds. The zero-order chi connectivity index (χ0) is 12.0. The molecule has 1 aromatic rings. The van der Waals surface area contributed by atoms with E-state index in [1.54, 1.807) is 14.0 Å². The molecule has 88 valence electrons. The molecule has 0 aromatic heterocycles. The minimum Gasteiger partial charge on any atom is -0.493 e.